The van der Waals surface area contributed by atoms with Crippen molar-refractivity contribution in [2.45, 2.75) is 51.2 Å². The molecule has 0 radical (unpaired) electrons. The number of amides is 2. The Morgan fingerprint density at radius 1 is 0.907 bits per heavy atom. The van der Waals surface area contributed by atoms with Gasteiger partial charge in [-0.05, 0) is 73.4 Å². The normalized spacial score (nSPS) is 17.7. The number of halogens is 6. The Morgan fingerprint density at radius 2 is 1.49 bits per heavy atom. The van der Waals surface area contributed by atoms with Gasteiger partial charge in [-0.3, -0.25) is 14.5 Å². The lowest BCUT2D eigenvalue weighted by molar-refractivity contribution is -0.274. The highest BCUT2D eigenvalue weighted by Gasteiger charge is 2.46. The molecule has 6 nitrogen and oxygen atoms in total. The first kappa shape index (κ1) is 31.5. The number of ether oxygens (including phenoxy) is 2. The molecule has 1 heterocycles. The summed E-state index contributed by atoms with van der Waals surface area (Å²) in [4.78, 5) is 28.0. The number of primary amides is 1. The first-order valence-corrected chi connectivity index (χ1v) is 13.2. The summed E-state index contributed by atoms with van der Waals surface area (Å²) < 4.78 is 85.0. The summed E-state index contributed by atoms with van der Waals surface area (Å²) in [6.07, 6.45) is -10.3. The number of nitrogens with zero attached hydrogens (tertiary/aromatic N) is 1. The number of alkyl halides is 6. The van der Waals surface area contributed by atoms with Gasteiger partial charge >= 0.3 is 12.5 Å². The molecule has 0 aliphatic carbocycles. The smallest absolute Gasteiger partial charge is 0.494 e. The van der Waals surface area contributed by atoms with E-state index in [9.17, 15) is 35.9 Å². The molecule has 43 heavy (non-hydrogen) atoms. The summed E-state index contributed by atoms with van der Waals surface area (Å²) in [6.45, 7) is 3.45. The molecule has 3 aromatic rings. The first-order chi connectivity index (χ1) is 20.1. The van der Waals surface area contributed by atoms with E-state index in [0.717, 1.165) is 17.7 Å². The predicted octanol–water partition coefficient (Wildman–Crippen LogP) is 7.21. The number of benzene rings is 3. The van der Waals surface area contributed by atoms with E-state index < -0.39 is 42.1 Å². The summed E-state index contributed by atoms with van der Waals surface area (Å²) >= 11 is 0. The lowest BCUT2D eigenvalue weighted by atomic mass is 9.76. The molecule has 3 aromatic carbocycles. The number of carbonyl (C=O) groups excluding carboxylic acids is 2. The van der Waals surface area contributed by atoms with Crippen LogP contribution in [0.2, 0.25) is 0 Å². The van der Waals surface area contributed by atoms with Crippen LogP contribution in [0.1, 0.15) is 42.9 Å². The minimum absolute atomic E-state index is 0.0899. The second kappa shape index (κ2) is 12.0. The van der Waals surface area contributed by atoms with Crippen molar-refractivity contribution < 1.29 is 45.4 Å². The summed E-state index contributed by atoms with van der Waals surface area (Å²) in [7, 11) is 0. The quantitative estimate of drug-likeness (QED) is 0.159. The second-order valence-electron chi connectivity index (χ2n) is 10.3. The predicted molar refractivity (Wildman–Crippen MR) is 147 cm³/mol. The number of rotatable bonds is 9. The highest BCUT2D eigenvalue weighted by molar-refractivity contribution is 6.29. The third-order valence-electron chi connectivity index (χ3n) is 7.06. The fraction of sp³-hybridized carbons (Fsp3) is 0.290. The number of nitrogens with two attached hydrogens (primary N) is 1. The maximum atomic E-state index is 14.1. The molecule has 12 heteroatoms. The Bertz CT molecular complexity index is 1500. The van der Waals surface area contributed by atoms with Gasteiger partial charge in [-0.1, -0.05) is 42.0 Å². The summed E-state index contributed by atoms with van der Waals surface area (Å²) in [5.74, 6) is -1.91. The lowest BCUT2D eigenvalue weighted by Gasteiger charge is -2.46. The van der Waals surface area contributed by atoms with E-state index in [1.807, 2.05) is 19.1 Å². The molecule has 0 bridgehead atoms. The second-order valence-corrected chi connectivity index (χ2v) is 10.3. The highest BCUT2D eigenvalue weighted by atomic mass is 19.4. The van der Waals surface area contributed by atoms with Gasteiger partial charge in [0.15, 0.2) is 0 Å². The van der Waals surface area contributed by atoms with Crippen molar-refractivity contribution in [1.29, 1.82) is 0 Å². The molecule has 228 valence electrons. The highest BCUT2D eigenvalue weighted by Crippen LogP contribution is 2.47. The maximum Gasteiger partial charge on any atom is 0.573 e. The molecule has 1 unspecified atom stereocenters. The minimum Gasteiger partial charge on any atom is -0.494 e. The van der Waals surface area contributed by atoms with E-state index in [1.165, 1.54) is 17.0 Å². The monoisotopic (exact) mass is 606 g/mol. The Balaban J connectivity index is 1.76. The van der Waals surface area contributed by atoms with E-state index >= 15 is 0 Å². The van der Waals surface area contributed by atoms with Gasteiger partial charge in [0, 0.05) is 18.5 Å². The van der Waals surface area contributed by atoms with E-state index in [1.54, 1.807) is 43.3 Å². The van der Waals surface area contributed by atoms with Gasteiger partial charge in [0.2, 0.25) is 0 Å². The number of hydrogen-bond donors (Lipinski definition) is 1. The van der Waals surface area contributed by atoms with Gasteiger partial charge in [-0.15, -0.1) is 13.2 Å². The van der Waals surface area contributed by atoms with E-state index in [-0.39, 0.29) is 30.7 Å². The van der Waals surface area contributed by atoms with Gasteiger partial charge in [0.05, 0.1) is 12.1 Å². The van der Waals surface area contributed by atoms with Gasteiger partial charge in [-0.25, -0.2) is 0 Å². The number of hydrogen-bond acceptors (Lipinski definition) is 4. The van der Waals surface area contributed by atoms with Crippen LogP contribution in [0.3, 0.4) is 0 Å². The number of carbonyl (C=O) groups is 2. The van der Waals surface area contributed by atoms with E-state index in [2.05, 4.69) is 4.74 Å². The van der Waals surface area contributed by atoms with Gasteiger partial charge in [-0.2, -0.15) is 13.2 Å². The zero-order valence-corrected chi connectivity index (χ0v) is 23.2. The Labute approximate surface area is 243 Å². The van der Waals surface area contributed by atoms with Crippen molar-refractivity contribution in [3.05, 3.63) is 95.1 Å². The van der Waals surface area contributed by atoms with Gasteiger partial charge in [0.25, 0.3) is 11.8 Å². The summed E-state index contributed by atoms with van der Waals surface area (Å²) in [6, 6.07) is 18.2. The van der Waals surface area contributed by atoms with Gasteiger partial charge < -0.3 is 15.2 Å². The van der Waals surface area contributed by atoms with Crippen LogP contribution < -0.4 is 20.1 Å². The zero-order chi connectivity index (χ0) is 31.6. The Hall–Kier alpha value is -4.48. The SMILES string of the molecule is Cc1ccc(C2=C(C(N)=O)C(=O)N(c3ccc(OC(F)(F)F)cc3)C(C)(c3ccc(OCCCC(F)(F)F)cc3)C2)cc1. The molecule has 1 aliphatic heterocycles. The molecule has 2 N–H and O–H groups in total. The molecule has 2 amide bonds. The zero-order valence-electron chi connectivity index (χ0n) is 23.2. The van der Waals surface area contributed by atoms with Crippen molar-refractivity contribution in [3.8, 4) is 11.5 Å². The average Bonchev–Trinajstić information content (AvgIpc) is 2.91. The van der Waals surface area contributed by atoms with Crippen molar-refractivity contribution in [1.82, 2.24) is 0 Å². The van der Waals surface area contributed by atoms with Crippen LogP contribution in [0, 0.1) is 6.92 Å². The summed E-state index contributed by atoms with van der Waals surface area (Å²) in [5, 5.41) is 0. The van der Waals surface area contributed by atoms with Crippen LogP contribution >= 0.6 is 0 Å². The molecule has 4 rings (SSSR count). The van der Waals surface area contributed by atoms with Crippen molar-refractivity contribution >= 4 is 23.1 Å². The third kappa shape index (κ3) is 7.49. The van der Waals surface area contributed by atoms with Crippen LogP contribution in [-0.2, 0) is 15.1 Å². The van der Waals surface area contributed by atoms with Crippen LogP contribution in [-0.4, -0.2) is 31.0 Å². The molecule has 0 saturated carbocycles. The van der Waals surface area contributed by atoms with E-state index in [0.29, 0.717) is 22.4 Å². The molecular formula is C31H28F6N2O4. The fourth-order valence-corrected chi connectivity index (χ4v) is 5.04. The van der Waals surface area contributed by atoms with Crippen LogP contribution in [0.4, 0.5) is 32.0 Å². The molecule has 1 atom stereocenters. The minimum atomic E-state index is -4.92. The molecular weight excluding hydrogens is 578 g/mol. The first-order valence-electron chi connectivity index (χ1n) is 13.2. The van der Waals surface area contributed by atoms with Crippen LogP contribution in [0.15, 0.2) is 78.4 Å². The molecule has 0 fully saturated rings. The molecule has 1 aliphatic rings. The van der Waals surface area contributed by atoms with Crippen molar-refractivity contribution in [2.75, 3.05) is 11.5 Å². The van der Waals surface area contributed by atoms with Crippen molar-refractivity contribution in [2.24, 2.45) is 5.73 Å². The number of anilines is 1. The summed E-state index contributed by atoms with van der Waals surface area (Å²) in [5.41, 5.74) is 6.92. The Kier molecular flexibility index (Phi) is 8.79. The maximum absolute atomic E-state index is 14.1. The molecule has 0 aromatic heterocycles. The standard InChI is InChI=1S/C31H28F6N2O4/c1-19-4-6-20(7-5-19)25-18-29(2,21-8-12-23(13-9-21)42-17-3-16-30(32,33)34)39(28(41)26(25)27(38)40)22-10-14-24(15-11-22)43-31(35,36)37/h4-15H,3,16-18H2,1-2H3,(H2,38,40). The average molecular weight is 607 g/mol. The van der Waals surface area contributed by atoms with Crippen molar-refractivity contribution in [3.63, 3.8) is 0 Å². The van der Waals surface area contributed by atoms with E-state index in [4.69, 9.17) is 10.5 Å². The largest absolute Gasteiger partial charge is 0.573 e. The third-order valence-corrected chi connectivity index (χ3v) is 7.06. The van der Waals surface area contributed by atoms with Crippen LogP contribution in [0.5, 0.6) is 11.5 Å². The van der Waals surface area contributed by atoms with Gasteiger partial charge in [0.1, 0.15) is 17.1 Å². The Morgan fingerprint density at radius 3 is 2.02 bits per heavy atom. The number of aryl methyl sites for hydroxylation is 1. The molecule has 0 saturated heterocycles. The van der Waals surface area contributed by atoms with Crippen LogP contribution in [0.25, 0.3) is 5.57 Å². The topological polar surface area (TPSA) is 81.9 Å². The fourth-order valence-electron chi connectivity index (χ4n) is 5.04. The lowest BCUT2D eigenvalue weighted by Crippen LogP contribution is -2.53. The molecule has 0 spiro atoms.